The third kappa shape index (κ3) is 5.85. The molecule has 0 N–H and O–H groups in total. The highest BCUT2D eigenvalue weighted by Gasteiger charge is 2.56. The van der Waals surface area contributed by atoms with Crippen molar-refractivity contribution in [2.45, 2.75) is 30.7 Å². The summed E-state index contributed by atoms with van der Waals surface area (Å²) >= 11 is 0. The number of likely N-dealkylation sites (tertiary alicyclic amines) is 1. The van der Waals surface area contributed by atoms with Gasteiger partial charge in [-0.3, -0.25) is 14.5 Å². The molecule has 1 spiro atoms. The van der Waals surface area contributed by atoms with Crippen LogP contribution in [-0.4, -0.2) is 78.3 Å². The largest absolute Gasteiger partial charge is 0.495 e. The predicted molar refractivity (Wildman–Crippen MR) is 145 cm³/mol. The van der Waals surface area contributed by atoms with Crippen LogP contribution in [0.2, 0.25) is 0 Å². The van der Waals surface area contributed by atoms with Gasteiger partial charge in [-0.25, -0.2) is 0 Å². The van der Waals surface area contributed by atoms with E-state index in [1.165, 1.54) is 26.2 Å². The number of carbonyl (C=O) groups is 2. The first-order valence-corrected chi connectivity index (χ1v) is 13.4. The van der Waals surface area contributed by atoms with Gasteiger partial charge in [0.15, 0.2) is 0 Å². The van der Waals surface area contributed by atoms with E-state index in [0.29, 0.717) is 23.6 Å². The van der Waals surface area contributed by atoms with Crippen molar-refractivity contribution in [3.63, 3.8) is 0 Å². The summed E-state index contributed by atoms with van der Waals surface area (Å²) in [4.78, 5) is 44.1. The van der Waals surface area contributed by atoms with E-state index in [2.05, 4.69) is 15.0 Å². The maximum absolute atomic E-state index is 14.2. The minimum atomic E-state index is -5.11. The number of anilines is 2. The maximum Gasteiger partial charge on any atom is 0.416 e. The summed E-state index contributed by atoms with van der Waals surface area (Å²) in [5, 5.41) is 0. The molecule has 0 aliphatic carbocycles. The first kappa shape index (κ1) is 31.6. The molecule has 11 nitrogen and oxygen atoms in total. The molecule has 2 saturated heterocycles. The molecule has 2 amide bonds. The lowest BCUT2D eigenvalue weighted by Gasteiger charge is -2.43. The Labute approximate surface area is 252 Å². The van der Waals surface area contributed by atoms with Gasteiger partial charge in [0.05, 0.1) is 38.1 Å². The van der Waals surface area contributed by atoms with Crippen LogP contribution < -0.4 is 24.0 Å². The van der Waals surface area contributed by atoms with Crippen molar-refractivity contribution < 1.29 is 50.1 Å². The Morgan fingerprint density at radius 1 is 0.822 bits per heavy atom. The molecule has 240 valence electrons. The zero-order valence-corrected chi connectivity index (χ0v) is 24.1. The second kappa shape index (κ2) is 11.6. The molecular weight excluding hydrogens is 614 g/mol. The zero-order chi connectivity index (χ0) is 32.7. The fraction of sp³-hybridized carbons (Fsp3) is 0.393. The number of para-hydroxylation sites is 2. The summed E-state index contributed by atoms with van der Waals surface area (Å²) in [6, 6.07) is 7.41. The monoisotopic (exact) mass is 640 g/mol. The van der Waals surface area contributed by atoms with Crippen molar-refractivity contribution in [3.05, 3.63) is 59.2 Å². The van der Waals surface area contributed by atoms with E-state index < -0.39 is 46.4 Å². The van der Waals surface area contributed by atoms with Crippen LogP contribution in [0, 0.1) is 0 Å². The minimum absolute atomic E-state index is 0.0312. The number of ether oxygens (including phenoxy) is 3. The van der Waals surface area contributed by atoms with Gasteiger partial charge in [-0.05, 0) is 43.2 Å². The molecule has 5 rings (SSSR count). The zero-order valence-electron chi connectivity index (χ0n) is 24.1. The van der Waals surface area contributed by atoms with Gasteiger partial charge >= 0.3 is 24.4 Å². The highest BCUT2D eigenvalue weighted by Crippen LogP contribution is 2.44. The van der Waals surface area contributed by atoms with Gasteiger partial charge in [0.2, 0.25) is 5.95 Å². The first-order chi connectivity index (χ1) is 21.2. The van der Waals surface area contributed by atoms with Crippen molar-refractivity contribution >= 4 is 23.5 Å². The van der Waals surface area contributed by atoms with Gasteiger partial charge in [0.25, 0.3) is 11.8 Å². The second-order valence-corrected chi connectivity index (χ2v) is 10.2. The molecule has 1 aromatic heterocycles. The van der Waals surface area contributed by atoms with E-state index in [0.717, 1.165) is 4.90 Å². The number of amides is 2. The van der Waals surface area contributed by atoms with Gasteiger partial charge in [0.1, 0.15) is 18.0 Å². The highest BCUT2D eigenvalue weighted by atomic mass is 19.4. The Bertz CT molecular complexity index is 1550. The molecule has 0 unspecified atom stereocenters. The molecule has 2 fully saturated rings. The SMILES string of the molecule is COc1nc(OC)nc(N2CN(c3ccccc3OC)C3(CCN(C(=O)c4cc(C(F)(F)F)cc(C(F)(F)F)c4)CC3)C2=O)n1. The molecule has 45 heavy (non-hydrogen) atoms. The van der Waals surface area contributed by atoms with E-state index in [1.807, 2.05) is 0 Å². The maximum atomic E-state index is 14.2. The standard InChI is InChI=1S/C28H26F6N6O5/c1-43-20-7-5-4-6-19(20)40-15-39(23-35-24(44-2)37-25(36-23)45-3)22(42)26(40)8-10-38(11-9-26)21(41)16-12-17(27(29,30)31)14-18(13-16)28(32,33)34/h4-7,12-14H,8-11,15H2,1-3H3. The van der Waals surface area contributed by atoms with Crippen molar-refractivity contribution in [3.8, 4) is 17.8 Å². The Hall–Kier alpha value is -4.83. The highest BCUT2D eigenvalue weighted by molar-refractivity contribution is 6.06. The lowest BCUT2D eigenvalue weighted by molar-refractivity contribution is -0.143. The molecular formula is C28H26F6N6O5. The fourth-order valence-electron chi connectivity index (χ4n) is 5.48. The first-order valence-electron chi connectivity index (χ1n) is 13.4. The van der Waals surface area contributed by atoms with Gasteiger partial charge in [-0.1, -0.05) is 12.1 Å². The minimum Gasteiger partial charge on any atom is -0.495 e. The van der Waals surface area contributed by atoms with Crippen LogP contribution in [0.4, 0.5) is 38.0 Å². The number of alkyl halides is 6. The Balaban J connectivity index is 1.50. The third-order valence-electron chi connectivity index (χ3n) is 7.72. The third-order valence-corrected chi connectivity index (χ3v) is 7.72. The van der Waals surface area contributed by atoms with Crippen molar-refractivity contribution in [2.24, 2.45) is 0 Å². The Morgan fingerprint density at radius 2 is 1.38 bits per heavy atom. The number of halogens is 6. The number of hydrogen-bond acceptors (Lipinski definition) is 9. The van der Waals surface area contributed by atoms with Crippen molar-refractivity contribution in [1.82, 2.24) is 19.9 Å². The Kier molecular flexibility index (Phi) is 8.14. The summed E-state index contributed by atoms with van der Waals surface area (Å²) < 4.78 is 96.4. The van der Waals surface area contributed by atoms with Crippen LogP contribution in [0.1, 0.15) is 34.3 Å². The van der Waals surface area contributed by atoms with Gasteiger partial charge in [0, 0.05) is 18.7 Å². The van der Waals surface area contributed by atoms with E-state index >= 15 is 0 Å². The summed E-state index contributed by atoms with van der Waals surface area (Å²) in [5.41, 5.74) is -4.75. The van der Waals surface area contributed by atoms with Crippen molar-refractivity contribution in [2.75, 3.05) is 50.9 Å². The van der Waals surface area contributed by atoms with Gasteiger partial charge < -0.3 is 24.0 Å². The van der Waals surface area contributed by atoms with Crippen LogP contribution >= 0.6 is 0 Å². The second-order valence-electron chi connectivity index (χ2n) is 10.2. The fourth-order valence-corrected chi connectivity index (χ4v) is 5.48. The van der Waals surface area contributed by atoms with Crippen LogP contribution in [0.25, 0.3) is 0 Å². The quantitative estimate of drug-likeness (QED) is 0.362. The summed E-state index contributed by atoms with van der Waals surface area (Å²) in [5.74, 6) is -1.14. The lowest BCUT2D eigenvalue weighted by atomic mass is 9.85. The summed E-state index contributed by atoms with van der Waals surface area (Å²) in [6.07, 6.45) is -10.3. The van der Waals surface area contributed by atoms with E-state index in [4.69, 9.17) is 14.2 Å². The topological polar surface area (TPSA) is 110 Å². The molecule has 17 heteroatoms. The van der Waals surface area contributed by atoms with E-state index in [1.54, 1.807) is 29.2 Å². The molecule has 0 bridgehead atoms. The Morgan fingerprint density at radius 3 is 1.89 bits per heavy atom. The average molecular weight is 641 g/mol. The number of aromatic nitrogens is 3. The molecule has 2 aliphatic heterocycles. The molecule has 2 aromatic carbocycles. The number of rotatable bonds is 6. The predicted octanol–water partition coefficient (Wildman–Crippen LogP) is 4.42. The van der Waals surface area contributed by atoms with Crippen LogP contribution in [0.3, 0.4) is 0 Å². The number of piperidine rings is 1. The number of benzene rings is 2. The van der Waals surface area contributed by atoms with Crippen LogP contribution in [0.15, 0.2) is 42.5 Å². The molecule has 0 atom stereocenters. The van der Waals surface area contributed by atoms with Gasteiger partial charge in [-0.15, -0.1) is 4.98 Å². The molecule has 3 heterocycles. The van der Waals surface area contributed by atoms with E-state index in [-0.39, 0.29) is 56.6 Å². The smallest absolute Gasteiger partial charge is 0.416 e. The van der Waals surface area contributed by atoms with Crippen molar-refractivity contribution in [1.29, 1.82) is 0 Å². The molecule has 3 aromatic rings. The van der Waals surface area contributed by atoms with Gasteiger partial charge in [-0.2, -0.15) is 36.3 Å². The van der Waals surface area contributed by atoms with E-state index in [9.17, 15) is 35.9 Å². The molecule has 2 aliphatic rings. The van der Waals surface area contributed by atoms with Crippen LogP contribution in [0.5, 0.6) is 17.8 Å². The lowest BCUT2D eigenvalue weighted by Crippen LogP contribution is -2.57. The number of methoxy groups -OCH3 is 3. The number of carbonyl (C=O) groups excluding carboxylic acids is 2. The number of nitrogens with zero attached hydrogens (tertiary/aromatic N) is 6. The summed E-state index contributed by atoms with van der Waals surface area (Å²) in [7, 11) is 4.10. The summed E-state index contributed by atoms with van der Waals surface area (Å²) in [6.45, 7) is -0.400. The molecule has 0 radical (unpaired) electrons. The number of hydrogen-bond donors (Lipinski definition) is 0. The molecule has 0 saturated carbocycles. The average Bonchev–Trinajstić information content (AvgIpc) is 3.30. The normalized spacial score (nSPS) is 16.7. The van der Waals surface area contributed by atoms with Crippen LogP contribution in [-0.2, 0) is 17.1 Å².